The maximum atomic E-state index is 12.5. The molecule has 0 N–H and O–H groups in total. The van der Waals surface area contributed by atoms with E-state index in [1.165, 1.54) is 37.1 Å². The lowest BCUT2D eigenvalue weighted by Gasteiger charge is -2.31. The van der Waals surface area contributed by atoms with Crippen LogP contribution in [0.3, 0.4) is 0 Å². The molecule has 1 aliphatic rings. The number of ether oxygens (including phenoxy) is 2. The van der Waals surface area contributed by atoms with Crippen molar-refractivity contribution < 1.29 is 19.1 Å². The minimum Gasteiger partial charge on any atom is -0.493 e. The van der Waals surface area contributed by atoms with Crippen molar-refractivity contribution in [3.8, 4) is 11.5 Å². The molecule has 7 heteroatoms. The smallest absolute Gasteiger partial charge is 0.265 e. The van der Waals surface area contributed by atoms with Gasteiger partial charge in [0.15, 0.2) is 16.6 Å². The van der Waals surface area contributed by atoms with Gasteiger partial charge in [-0.2, -0.15) is 0 Å². The highest BCUT2D eigenvalue weighted by Crippen LogP contribution is 2.34. The van der Waals surface area contributed by atoms with Gasteiger partial charge in [0.1, 0.15) is 12.2 Å². The van der Waals surface area contributed by atoms with Crippen molar-refractivity contribution in [1.29, 1.82) is 0 Å². The number of benzene rings is 1. The SMILES string of the molecule is C=CCOc1c(CC=C)cc(C=C2C(=O)N(C)C(=S)N(C)C2=O)cc1OC. The maximum Gasteiger partial charge on any atom is 0.265 e. The van der Waals surface area contributed by atoms with Gasteiger partial charge in [-0.25, -0.2) is 0 Å². The lowest BCUT2D eigenvalue weighted by molar-refractivity contribution is -0.132. The van der Waals surface area contributed by atoms with Gasteiger partial charge >= 0.3 is 0 Å². The lowest BCUT2D eigenvalue weighted by Crippen LogP contribution is -2.52. The number of rotatable bonds is 7. The average molecular weight is 386 g/mol. The molecule has 27 heavy (non-hydrogen) atoms. The molecule has 1 aromatic carbocycles. The Kier molecular flexibility index (Phi) is 6.52. The summed E-state index contributed by atoms with van der Waals surface area (Å²) in [7, 11) is 4.61. The summed E-state index contributed by atoms with van der Waals surface area (Å²) in [5.74, 6) is 0.186. The normalized spacial score (nSPS) is 14.3. The molecule has 0 aromatic heterocycles. The van der Waals surface area contributed by atoms with E-state index in [-0.39, 0.29) is 10.7 Å². The summed E-state index contributed by atoms with van der Waals surface area (Å²) in [4.78, 5) is 27.6. The van der Waals surface area contributed by atoms with E-state index < -0.39 is 11.8 Å². The number of allylic oxidation sites excluding steroid dienone is 1. The first-order valence-corrected chi connectivity index (χ1v) is 8.63. The summed E-state index contributed by atoms with van der Waals surface area (Å²) in [5.41, 5.74) is 1.49. The Labute approximate surface area is 164 Å². The molecular formula is C20H22N2O4S. The number of carbonyl (C=O) groups is 2. The van der Waals surface area contributed by atoms with Crippen LogP contribution < -0.4 is 9.47 Å². The standard InChI is InChI=1S/C20H22N2O4S/c1-6-8-14-10-13(12-16(25-5)17(14)26-9-7-2)11-15-18(23)21(3)20(27)22(4)19(15)24/h6-7,10-12H,1-2,8-9H2,3-5H3. The average Bonchev–Trinajstić information content (AvgIpc) is 2.67. The molecule has 0 saturated carbocycles. The van der Waals surface area contributed by atoms with Gasteiger partial charge in [-0.3, -0.25) is 19.4 Å². The number of amides is 2. The van der Waals surface area contributed by atoms with E-state index in [1.807, 2.05) is 6.07 Å². The fourth-order valence-corrected chi connectivity index (χ4v) is 2.84. The largest absolute Gasteiger partial charge is 0.493 e. The molecule has 0 spiro atoms. The van der Waals surface area contributed by atoms with Crippen LogP contribution in [0.1, 0.15) is 11.1 Å². The quantitative estimate of drug-likeness (QED) is 0.312. The fourth-order valence-electron chi connectivity index (χ4n) is 2.67. The van der Waals surface area contributed by atoms with Crippen LogP contribution in [0.4, 0.5) is 0 Å². The molecule has 1 aromatic rings. The molecule has 0 radical (unpaired) electrons. The first kappa shape index (κ1) is 20.4. The zero-order chi connectivity index (χ0) is 20.1. The predicted molar refractivity (Wildman–Crippen MR) is 109 cm³/mol. The fraction of sp³-hybridized carbons (Fsp3) is 0.250. The van der Waals surface area contributed by atoms with Crippen LogP contribution in [-0.2, 0) is 16.0 Å². The zero-order valence-corrected chi connectivity index (χ0v) is 16.5. The van der Waals surface area contributed by atoms with Crippen LogP contribution in [-0.4, -0.2) is 54.5 Å². The van der Waals surface area contributed by atoms with Gasteiger partial charge in [-0.1, -0.05) is 18.7 Å². The number of thiocarbonyl (C=S) groups is 1. The van der Waals surface area contributed by atoms with E-state index in [0.717, 1.165) is 5.56 Å². The first-order valence-electron chi connectivity index (χ1n) is 8.22. The molecule has 6 nitrogen and oxygen atoms in total. The van der Waals surface area contributed by atoms with E-state index in [0.29, 0.717) is 30.1 Å². The monoisotopic (exact) mass is 386 g/mol. The van der Waals surface area contributed by atoms with Crippen LogP contribution in [0.25, 0.3) is 6.08 Å². The van der Waals surface area contributed by atoms with E-state index >= 15 is 0 Å². The van der Waals surface area contributed by atoms with Gasteiger partial charge in [-0.15, -0.1) is 6.58 Å². The van der Waals surface area contributed by atoms with Crippen molar-refractivity contribution in [2.24, 2.45) is 0 Å². The second-order valence-electron chi connectivity index (χ2n) is 5.87. The van der Waals surface area contributed by atoms with Crippen LogP contribution in [0.2, 0.25) is 0 Å². The molecule has 1 heterocycles. The van der Waals surface area contributed by atoms with Gasteiger partial charge < -0.3 is 9.47 Å². The maximum absolute atomic E-state index is 12.5. The highest BCUT2D eigenvalue weighted by atomic mass is 32.1. The first-order chi connectivity index (χ1) is 12.8. The summed E-state index contributed by atoms with van der Waals surface area (Å²) in [6, 6.07) is 3.55. The highest BCUT2D eigenvalue weighted by molar-refractivity contribution is 7.80. The van der Waals surface area contributed by atoms with Crippen molar-refractivity contribution in [3.05, 3.63) is 54.1 Å². The molecule has 1 aliphatic heterocycles. The van der Waals surface area contributed by atoms with Crippen molar-refractivity contribution in [2.75, 3.05) is 27.8 Å². The third-order valence-electron chi connectivity index (χ3n) is 4.04. The number of carbonyl (C=O) groups excluding carboxylic acids is 2. The molecule has 1 saturated heterocycles. The molecular weight excluding hydrogens is 364 g/mol. The lowest BCUT2D eigenvalue weighted by atomic mass is 10.0. The summed E-state index contributed by atoms with van der Waals surface area (Å²) in [6.45, 7) is 7.74. The summed E-state index contributed by atoms with van der Waals surface area (Å²) >= 11 is 5.10. The van der Waals surface area contributed by atoms with Crippen molar-refractivity contribution in [1.82, 2.24) is 9.80 Å². The number of hydrogen-bond donors (Lipinski definition) is 0. The third-order valence-corrected chi connectivity index (χ3v) is 4.59. The van der Waals surface area contributed by atoms with Crippen LogP contribution in [0, 0.1) is 0 Å². The van der Waals surface area contributed by atoms with Crippen LogP contribution in [0.5, 0.6) is 11.5 Å². The molecule has 0 bridgehead atoms. The van der Waals surface area contributed by atoms with Crippen molar-refractivity contribution in [2.45, 2.75) is 6.42 Å². The summed E-state index contributed by atoms with van der Waals surface area (Å²) in [6.07, 6.45) is 5.45. The molecule has 142 valence electrons. The van der Waals surface area contributed by atoms with Gasteiger partial charge in [0.2, 0.25) is 0 Å². The number of likely N-dealkylation sites (N-methyl/N-ethyl adjacent to an activating group) is 2. The second-order valence-corrected chi connectivity index (χ2v) is 6.24. The van der Waals surface area contributed by atoms with Gasteiger partial charge in [-0.05, 0) is 42.4 Å². The van der Waals surface area contributed by atoms with Crippen LogP contribution in [0.15, 0.2) is 43.0 Å². The number of methoxy groups -OCH3 is 1. The molecule has 0 atom stereocenters. The van der Waals surface area contributed by atoms with E-state index in [9.17, 15) is 9.59 Å². The Morgan fingerprint density at radius 2 is 1.74 bits per heavy atom. The summed E-state index contributed by atoms with van der Waals surface area (Å²) in [5, 5.41) is 0.167. The van der Waals surface area contributed by atoms with E-state index in [1.54, 1.807) is 18.2 Å². The van der Waals surface area contributed by atoms with Crippen LogP contribution >= 0.6 is 12.2 Å². The molecule has 0 unspecified atom stereocenters. The van der Waals surface area contributed by atoms with Crippen molar-refractivity contribution >= 4 is 35.2 Å². The molecule has 1 fully saturated rings. The Morgan fingerprint density at radius 3 is 2.26 bits per heavy atom. The van der Waals surface area contributed by atoms with Gasteiger partial charge in [0.25, 0.3) is 11.8 Å². The number of hydrogen-bond acceptors (Lipinski definition) is 5. The molecule has 2 amide bonds. The minimum atomic E-state index is -0.445. The zero-order valence-electron chi connectivity index (χ0n) is 15.7. The minimum absolute atomic E-state index is 0.0277. The topological polar surface area (TPSA) is 59.1 Å². The second kappa shape index (κ2) is 8.64. The highest BCUT2D eigenvalue weighted by Gasteiger charge is 2.35. The third kappa shape index (κ3) is 4.09. The van der Waals surface area contributed by atoms with E-state index in [2.05, 4.69) is 13.2 Å². The summed E-state index contributed by atoms with van der Waals surface area (Å²) < 4.78 is 11.2. The predicted octanol–water partition coefficient (Wildman–Crippen LogP) is 2.59. The molecule has 2 rings (SSSR count). The van der Waals surface area contributed by atoms with Crippen molar-refractivity contribution in [3.63, 3.8) is 0 Å². The number of nitrogens with zero attached hydrogens (tertiary/aromatic N) is 2. The Balaban J connectivity index is 2.56. The van der Waals surface area contributed by atoms with Gasteiger partial charge in [0, 0.05) is 19.7 Å². The Morgan fingerprint density at radius 1 is 1.11 bits per heavy atom. The van der Waals surface area contributed by atoms with Gasteiger partial charge in [0.05, 0.1) is 7.11 Å². The Bertz CT molecular complexity index is 819. The Hall–Kier alpha value is -2.93. The van der Waals surface area contributed by atoms with E-state index in [4.69, 9.17) is 21.7 Å². The molecule has 0 aliphatic carbocycles.